The molecule has 132 valence electrons. The molecule has 4 rings (SSSR count). The van der Waals surface area contributed by atoms with Crippen LogP contribution >= 0.6 is 0 Å². The molecule has 0 radical (unpaired) electrons. The van der Waals surface area contributed by atoms with Gasteiger partial charge in [-0.25, -0.2) is 0 Å². The Hall–Kier alpha value is -2.41. The fourth-order valence-electron chi connectivity index (χ4n) is 3.76. The van der Waals surface area contributed by atoms with E-state index in [1.165, 1.54) is 0 Å². The average Bonchev–Trinajstić information content (AvgIpc) is 3.22. The van der Waals surface area contributed by atoms with Crippen LogP contribution < -0.4 is 4.74 Å². The molecule has 1 spiro atoms. The SMILES string of the molecule is Cn1cc(C(=O)N2CCC[C@]3(C[C@H](Oc4cccnc4)CO3)C2)cn1. The van der Waals surface area contributed by atoms with Crippen molar-refractivity contribution in [3.8, 4) is 5.75 Å². The Balaban J connectivity index is 1.41. The quantitative estimate of drug-likeness (QED) is 0.848. The van der Waals surface area contributed by atoms with Gasteiger partial charge in [-0.15, -0.1) is 0 Å². The molecular formula is C18H22N4O3. The monoisotopic (exact) mass is 342 g/mol. The number of pyridine rings is 1. The molecule has 0 aliphatic carbocycles. The third-order valence-electron chi connectivity index (χ3n) is 4.89. The maximum absolute atomic E-state index is 12.7. The summed E-state index contributed by atoms with van der Waals surface area (Å²) in [5.74, 6) is 0.777. The number of aromatic nitrogens is 3. The van der Waals surface area contributed by atoms with Crippen LogP contribution in [0.2, 0.25) is 0 Å². The summed E-state index contributed by atoms with van der Waals surface area (Å²) in [4.78, 5) is 18.7. The van der Waals surface area contributed by atoms with Crippen molar-refractivity contribution in [2.45, 2.75) is 31.0 Å². The van der Waals surface area contributed by atoms with Gasteiger partial charge in [-0.2, -0.15) is 5.10 Å². The standard InChI is InChI=1S/C18H22N4O3/c1-21-11-14(9-20-21)17(23)22-7-3-5-18(13-22)8-16(12-24-18)25-15-4-2-6-19-10-15/h2,4,6,9-11,16H,3,5,7-8,12-13H2,1H3/t16-,18-/m0/s1. The third kappa shape index (κ3) is 3.37. The Labute approximate surface area is 146 Å². The number of nitrogens with zero attached hydrogens (tertiary/aromatic N) is 4. The van der Waals surface area contributed by atoms with Gasteiger partial charge < -0.3 is 14.4 Å². The molecule has 2 aromatic heterocycles. The second-order valence-electron chi connectivity index (χ2n) is 6.86. The number of aryl methyl sites for hydroxylation is 1. The number of hydrogen-bond donors (Lipinski definition) is 0. The Kier molecular flexibility index (Phi) is 4.17. The highest BCUT2D eigenvalue weighted by Crippen LogP contribution is 2.36. The van der Waals surface area contributed by atoms with Crippen LogP contribution in [0.25, 0.3) is 0 Å². The number of carbonyl (C=O) groups is 1. The zero-order valence-corrected chi connectivity index (χ0v) is 14.3. The third-order valence-corrected chi connectivity index (χ3v) is 4.89. The molecule has 0 unspecified atom stereocenters. The van der Waals surface area contributed by atoms with Gasteiger partial charge in [0.15, 0.2) is 0 Å². The minimum Gasteiger partial charge on any atom is -0.486 e. The first-order chi connectivity index (χ1) is 12.1. The summed E-state index contributed by atoms with van der Waals surface area (Å²) >= 11 is 0. The van der Waals surface area contributed by atoms with E-state index in [1.807, 2.05) is 24.1 Å². The summed E-state index contributed by atoms with van der Waals surface area (Å²) in [5.41, 5.74) is 0.323. The second kappa shape index (κ2) is 6.48. The smallest absolute Gasteiger partial charge is 0.257 e. The lowest BCUT2D eigenvalue weighted by Gasteiger charge is -2.39. The topological polar surface area (TPSA) is 69.5 Å². The second-order valence-corrected chi connectivity index (χ2v) is 6.86. The molecular weight excluding hydrogens is 320 g/mol. The van der Waals surface area contributed by atoms with Crippen LogP contribution in [0.4, 0.5) is 0 Å². The van der Waals surface area contributed by atoms with E-state index in [-0.39, 0.29) is 17.6 Å². The van der Waals surface area contributed by atoms with Gasteiger partial charge in [0.25, 0.3) is 5.91 Å². The van der Waals surface area contributed by atoms with E-state index >= 15 is 0 Å². The van der Waals surface area contributed by atoms with Gasteiger partial charge in [0, 0.05) is 32.4 Å². The molecule has 25 heavy (non-hydrogen) atoms. The minimum absolute atomic E-state index is 0.00218. The van der Waals surface area contributed by atoms with Gasteiger partial charge in [-0.05, 0) is 25.0 Å². The summed E-state index contributed by atoms with van der Waals surface area (Å²) in [5, 5.41) is 4.09. The van der Waals surface area contributed by atoms with Crippen LogP contribution in [0, 0.1) is 0 Å². The van der Waals surface area contributed by atoms with Crippen LogP contribution in [-0.2, 0) is 11.8 Å². The van der Waals surface area contributed by atoms with Crippen molar-refractivity contribution in [1.82, 2.24) is 19.7 Å². The molecule has 4 heterocycles. The molecule has 0 aromatic carbocycles. The van der Waals surface area contributed by atoms with E-state index in [9.17, 15) is 4.79 Å². The largest absolute Gasteiger partial charge is 0.486 e. The molecule has 7 nitrogen and oxygen atoms in total. The maximum atomic E-state index is 12.7. The number of carbonyl (C=O) groups excluding carboxylic acids is 1. The lowest BCUT2D eigenvalue weighted by Crippen LogP contribution is -2.50. The van der Waals surface area contributed by atoms with Gasteiger partial charge in [-0.1, -0.05) is 0 Å². The molecule has 2 aromatic rings. The van der Waals surface area contributed by atoms with Gasteiger partial charge >= 0.3 is 0 Å². The Bertz CT molecular complexity index is 748. The van der Waals surface area contributed by atoms with Gasteiger partial charge in [0.2, 0.25) is 0 Å². The van der Waals surface area contributed by atoms with Crippen molar-refractivity contribution in [3.05, 3.63) is 42.5 Å². The van der Waals surface area contributed by atoms with Crippen molar-refractivity contribution in [3.63, 3.8) is 0 Å². The Morgan fingerprint density at radius 1 is 1.44 bits per heavy atom. The molecule has 0 N–H and O–H groups in total. The average molecular weight is 342 g/mol. The van der Waals surface area contributed by atoms with Crippen LogP contribution in [0.3, 0.4) is 0 Å². The molecule has 2 aliphatic heterocycles. The molecule has 2 saturated heterocycles. The van der Waals surface area contributed by atoms with Crippen LogP contribution in [0.5, 0.6) is 5.75 Å². The van der Waals surface area contributed by atoms with Crippen molar-refractivity contribution in [2.24, 2.45) is 7.05 Å². The molecule has 7 heteroatoms. The number of amides is 1. The fraction of sp³-hybridized carbons (Fsp3) is 0.500. The predicted octanol–water partition coefficient (Wildman–Crippen LogP) is 1.66. The normalized spacial score (nSPS) is 26.1. The van der Waals surface area contributed by atoms with Crippen molar-refractivity contribution < 1.29 is 14.3 Å². The summed E-state index contributed by atoms with van der Waals surface area (Å²) in [6.07, 6.45) is 9.49. The molecule has 0 bridgehead atoms. The zero-order chi connectivity index (χ0) is 17.3. The molecule has 0 saturated carbocycles. The van der Waals surface area contributed by atoms with E-state index < -0.39 is 0 Å². The number of ether oxygens (including phenoxy) is 2. The molecule has 1 amide bonds. The maximum Gasteiger partial charge on any atom is 0.257 e. The molecule has 2 fully saturated rings. The van der Waals surface area contributed by atoms with Crippen LogP contribution in [0.15, 0.2) is 36.9 Å². The van der Waals surface area contributed by atoms with E-state index in [0.29, 0.717) is 18.7 Å². The van der Waals surface area contributed by atoms with Gasteiger partial charge in [-0.3, -0.25) is 14.5 Å². The van der Waals surface area contributed by atoms with Gasteiger partial charge in [0.1, 0.15) is 11.9 Å². The summed E-state index contributed by atoms with van der Waals surface area (Å²) in [6, 6.07) is 3.76. The lowest BCUT2D eigenvalue weighted by molar-refractivity contribution is -0.0453. The van der Waals surface area contributed by atoms with Crippen molar-refractivity contribution in [1.29, 1.82) is 0 Å². The first-order valence-electron chi connectivity index (χ1n) is 8.62. The van der Waals surface area contributed by atoms with Crippen LogP contribution in [0.1, 0.15) is 29.6 Å². The zero-order valence-electron chi connectivity index (χ0n) is 14.3. The molecule has 2 aliphatic rings. The van der Waals surface area contributed by atoms with Crippen molar-refractivity contribution in [2.75, 3.05) is 19.7 Å². The van der Waals surface area contributed by atoms with Gasteiger partial charge in [0.05, 0.1) is 36.7 Å². The van der Waals surface area contributed by atoms with E-state index in [1.54, 1.807) is 29.5 Å². The highest BCUT2D eigenvalue weighted by molar-refractivity contribution is 5.93. The summed E-state index contributed by atoms with van der Waals surface area (Å²) in [7, 11) is 1.81. The number of piperidine rings is 1. The number of hydrogen-bond acceptors (Lipinski definition) is 5. The highest BCUT2D eigenvalue weighted by Gasteiger charge is 2.45. The number of rotatable bonds is 3. The Morgan fingerprint density at radius 2 is 2.36 bits per heavy atom. The Morgan fingerprint density at radius 3 is 3.12 bits per heavy atom. The first kappa shape index (κ1) is 16.1. The summed E-state index contributed by atoms with van der Waals surface area (Å²) in [6.45, 7) is 1.91. The number of likely N-dealkylation sites (tertiary alicyclic amines) is 1. The molecule has 2 atom stereocenters. The lowest BCUT2D eigenvalue weighted by atomic mass is 9.89. The van der Waals surface area contributed by atoms with E-state index in [4.69, 9.17) is 9.47 Å². The highest BCUT2D eigenvalue weighted by atomic mass is 16.6. The summed E-state index contributed by atoms with van der Waals surface area (Å²) < 4.78 is 13.8. The predicted molar refractivity (Wildman–Crippen MR) is 90.3 cm³/mol. The first-order valence-corrected chi connectivity index (χ1v) is 8.62. The van der Waals surface area contributed by atoms with E-state index in [2.05, 4.69) is 10.1 Å². The van der Waals surface area contributed by atoms with Crippen molar-refractivity contribution >= 4 is 5.91 Å². The fourth-order valence-corrected chi connectivity index (χ4v) is 3.76. The minimum atomic E-state index is -0.303. The van der Waals surface area contributed by atoms with E-state index in [0.717, 1.165) is 31.6 Å². The van der Waals surface area contributed by atoms with Crippen LogP contribution in [-0.4, -0.2) is 57.0 Å².